The molecule has 0 bridgehead atoms. The average Bonchev–Trinajstić information content (AvgIpc) is 2.45. The summed E-state index contributed by atoms with van der Waals surface area (Å²) in [5.41, 5.74) is 7.81. The lowest BCUT2D eigenvalue weighted by Crippen LogP contribution is -2.31. The van der Waals surface area contributed by atoms with Crippen molar-refractivity contribution in [3.63, 3.8) is 0 Å². The van der Waals surface area contributed by atoms with E-state index in [1.54, 1.807) is 4.68 Å². The number of nitrogen functional groups attached to an aromatic ring is 2. The standard InChI is InChI=1S/C8H15N5O/c1-8(2,3)13-6(9)5(4-11-13)7(14)12-10/h4H,9-10H2,1-3H3,(H,12,14). The van der Waals surface area contributed by atoms with Gasteiger partial charge >= 0.3 is 0 Å². The number of nitrogens with two attached hydrogens (primary N) is 2. The first-order chi connectivity index (χ1) is 6.38. The van der Waals surface area contributed by atoms with E-state index < -0.39 is 5.91 Å². The van der Waals surface area contributed by atoms with Crippen molar-refractivity contribution in [2.75, 3.05) is 5.73 Å². The highest BCUT2D eigenvalue weighted by atomic mass is 16.2. The van der Waals surface area contributed by atoms with Crippen LogP contribution in [0.4, 0.5) is 5.82 Å². The van der Waals surface area contributed by atoms with Crippen LogP contribution in [0.25, 0.3) is 0 Å². The molecule has 0 aliphatic heterocycles. The van der Waals surface area contributed by atoms with Crippen LogP contribution < -0.4 is 17.0 Å². The predicted molar refractivity (Wildman–Crippen MR) is 53.3 cm³/mol. The van der Waals surface area contributed by atoms with Gasteiger partial charge in [-0.05, 0) is 20.8 Å². The molecule has 1 aromatic heterocycles. The van der Waals surface area contributed by atoms with E-state index in [-0.39, 0.29) is 5.54 Å². The summed E-state index contributed by atoms with van der Waals surface area (Å²) in [6, 6.07) is 0. The minimum atomic E-state index is -0.432. The van der Waals surface area contributed by atoms with Gasteiger partial charge in [-0.1, -0.05) is 0 Å². The number of aromatic nitrogens is 2. The molecular formula is C8H15N5O. The summed E-state index contributed by atoms with van der Waals surface area (Å²) in [5, 5.41) is 4.03. The van der Waals surface area contributed by atoms with E-state index in [9.17, 15) is 4.79 Å². The molecular weight excluding hydrogens is 182 g/mol. The molecule has 1 aromatic rings. The number of hydrogen-bond acceptors (Lipinski definition) is 4. The molecule has 78 valence electrons. The van der Waals surface area contributed by atoms with Gasteiger partial charge in [0.25, 0.3) is 5.91 Å². The van der Waals surface area contributed by atoms with E-state index in [1.807, 2.05) is 26.2 Å². The van der Waals surface area contributed by atoms with E-state index in [0.29, 0.717) is 11.4 Å². The smallest absolute Gasteiger partial charge is 0.270 e. The van der Waals surface area contributed by atoms with Crippen LogP contribution >= 0.6 is 0 Å². The highest BCUT2D eigenvalue weighted by molar-refractivity contribution is 5.97. The number of rotatable bonds is 1. The van der Waals surface area contributed by atoms with Gasteiger partial charge in [0.1, 0.15) is 11.4 Å². The molecule has 5 N–H and O–H groups in total. The Morgan fingerprint density at radius 3 is 2.50 bits per heavy atom. The van der Waals surface area contributed by atoms with Crippen LogP contribution in [0.2, 0.25) is 0 Å². The number of hydrogen-bond donors (Lipinski definition) is 3. The number of carbonyl (C=O) groups excluding carboxylic acids is 1. The second-order valence-electron chi connectivity index (χ2n) is 4.00. The number of anilines is 1. The third-order valence-electron chi connectivity index (χ3n) is 1.82. The molecule has 0 saturated heterocycles. The van der Waals surface area contributed by atoms with Crippen molar-refractivity contribution in [2.45, 2.75) is 26.3 Å². The van der Waals surface area contributed by atoms with Gasteiger partial charge in [-0.15, -0.1) is 0 Å². The Kier molecular flexibility index (Phi) is 2.48. The number of amides is 1. The van der Waals surface area contributed by atoms with Crippen LogP contribution in [0.3, 0.4) is 0 Å². The summed E-state index contributed by atoms with van der Waals surface area (Å²) in [4.78, 5) is 11.2. The first-order valence-corrected chi connectivity index (χ1v) is 4.23. The molecule has 0 fully saturated rings. The molecule has 0 spiro atoms. The normalized spacial score (nSPS) is 11.4. The third kappa shape index (κ3) is 1.69. The minimum absolute atomic E-state index is 0.253. The van der Waals surface area contributed by atoms with Gasteiger partial charge in [0.15, 0.2) is 0 Å². The highest BCUT2D eigenvalue weighted by Crippen LogP contribution is 2.20. The van der Waals surface area contributed by atoms with Gasteiger partial charge in [-0.2, -0.15) is 5.10 Å². The fourth-order valence-electron chi connectivity index (χ4n) is 1.15. The lowest BCUT2D eigenvalue weighted by Gasteiger charge is -2.20. The molecule has 0 atom stereocenters. The largest absolute Gasteiger partial charge is 0.383 e. The third-order valence-corrected chi connectivity index (χ3v) is 1.82. The van der Waals surface area contributed by atoms with Crippen molar-refractivity contribution < 1.29 is 4.79 Å². The van der Waals surface area contributed by atoms with Gasteiger partial charge in [0.2, 0.25) is 0 Å². The van der Waals surface area contributed by atoms with E-state index in [1.165, 1.54) is 6.20 Å². The van der Waals surface area contributed by atoms with Crippen molar-refractivity contribution >= 4 is 11.7 Å². The second kappa shape index (κ2) is 3.30. The molecule has 14 heavy (non-hydrogen) atoms. The van der Waals surface area contributed by atoms with Crippen molar-refractivity contribution in [1.29, 1.82) is 0 Å². The number of hydrazine groups is 1. The lowest BCUT2D eigenvalue weighted by molar-refractivity contribution is 0.0954. The predicted octanol–water partition coefficient (Wildman–Crippen LogP) is -0.176. The van der Waals surface area contributed by atoms with Crippen LogP contribution in [-0.4, -0.2) is 15.7 Å². The second-order valence-corrected chi connectivity index (χ2v) is 4.00. The molecule has 0 saturated carbocycles. The summed E-state index contributed by atoms with van der Waals surface area (Å²) in [6.07, 6.45) is 1.41. The van der Waals surface area contributed by atoms with Crippen molar-refractivity contribution in [2.24, 2.45) is 5.84 Å². The Hall–Kier alpha value is -1.56. The molecule has 1 rings (SSSR count). The molecule has 0 unspecified atom stereocenters. The first-order valence-electron chi connectivity index (χ1n) is 4.23. The van der Waals surface area contributed by atoms with E-state index in [0.717, 1.165) is 0 Å². The first kappa shape index (κ1) is 10.5. The van der Waals surface area contributed by atoms with Crippen molar-refractivity contribution in [3.8, 4) is 0 Å². The average molecular weight is 197 g/mol. The lowest BCUT2D eigenvalue weighted by atomic mass is 10.1. The Morgan fingerprint density at radius 2 is 2.14 bits per heavy atom. The molecule has 0 aliphatic carbocycles. The fourth-order valence-corrected chi connectivity index (χ4v) is 1.15. The van der Waals surface area contributed by atoms with Crippen LogP contribution in [0.1, 0.15) is 31.1 Å². The molecule has 1 amide bonds. The van der Waals surface area contributed by atoms with E-state index >= 15 is 0 Å². The van der Waals surface area contributed by atoms with Crippen molar-refractivity contribution in [1.82, 2.24) is 15.2 Å². The summed E-state index contributed by atoms with van der Waals surface area (Å²) >= 11 is 0. The number of nitrogens with zero attached hydrogens (tertiary/aromatic N) is 2. The zero-order chi connectivity index (χ0) is 10.9. The molecule has 0 radical (unpaired) electrons. The summed E-state index contributed by atoms with van der Waals surface area (Å²) in [7, 11) is 0. The van der Waals surface area contributed by atoms with Gasteiger partial charge in [0.05, 0.1) is 11.7 Å². The van der Waals surface area contributed by atoms with Crippen LogP contribution in [0.5, 0.6) is 0 Å². The summed E-state index contributed by atoms with van der Waals surface area (Å²) in [6.45, 7) is 5.83. The van der Waals surface area contributed by atoms with Gasteiger partial charge in [0, 0.05) is 0 Å². The highest BCUT2D eigenvalue weighted by Gasteiger charge is 2.21. The zero-order valence-corrected chi connectivity index (χ0v) is 8.53. The van der Waals surface area contributed by atoms with Gasteiger partial charge in [-0.25, -0.2) is 10.5 Å². The Balaban J connectivity index is 3.15. The Morgan fingerprint density at radius 1 is 1.57 bits per heavy atom. The van der Waals surface area contributed by atoms with Crippen LogP contribution in [0.15, 0.2) is 6.20 Å². The van der Waals surface area contributed by atoms with Crippen LogP contribution in [0, 0.1) is 0 Å². The van der Waals surface area contributed by atoms with Gasteiger partial charge < -0.3 is 5.73 Å². The van der Waals surface area contributed by atoms with Gasteiger partial charge in [-0.3, -0.25) is 10.2 Å². The van der Waals surface area contributed by atoms with Crippen LogP contribution in [-0.2, 0) is 5.54 Å². The topological polar surface area (TPSA) is 99.0 Å². The maximum atomic E-state index is 11.2. The summed E-state index contributed by atoms with van der Waals surface area (Å²) in [5.74, 6) is 4.89. The molecule has 6 heteroatoms. The Bertz CT molecular complexity index is 349. The van der Waals surface area contributed by atoms with E-state index in [2.05, 4.69) is 5.10 Å². The maximum Gasteiger partial charge on any atom is 0.270 e. The van der Waals surface area contributed by atoms with E-state index in [4.69, 9.17) is 11.6 Å². The summed E-state index contributed by atoms with van der Waals surface area (Å²) < 4.78 is 1.58. The maximum absolute atomic E-state index is 11.2. The molecule has 6 nitrogen and oxygen atoms in total. The fraction of sp³-hybridized carbons (Fsp3) is 0.500. The molecule has 0 aromatic carbocycles. The number of carbonyl (C=O) groups is 1. The zero-order valence-electron chi connectivity index (χ0n) is 8.53. The minimum Gasteiger partial charge on any atom is -0.383 e. The SMILES string of the molecule is CC(C)(C)n1ncc(C(=O)NN)c1N. The van der Waals surface area contributed by atoms with Crippen molar-refractivity contribution in [3.05, 3.63) is 11.8 Å². The number of nitrogens with one attached hydrogen (secondary N) is 1. The quantitative estimate of drug-likeness (QED) is 0.330. The monoisotopic (exact) mass is 197 g/mol. The molecule has 1 heterocycles. The Labute approximate surface area is 82.2 Å². The molecule has 0 aliphatic rings.